The normalized spacial score (nSPS) is 23.3. The van der Waals surface area contributed by atoms with Crippen molar-refractivity contribution in [1.29, 1.82) is 0 Å². The summed E-state index contributed by atoms with van der Waals surface area (Å²) in [5.74, 6) is 0.293. The minimum atomic E-state index is -0.451. The second-order valence-electron chi connectivity index (χ2n) is 8.34. The van der Waals surface area contributed by atoms with Crippen molar-refractivity contribution in [2.24, 2.45) is 0 Å². The zero-order chi connectivity index (χ0) is 20.7. The van der Waals surface area contributed by atoms with E-state index in [1.807, 2.05) is 6.07 Å². The Kier molecular flexibility index (Phi) is 4.86. The third kappa shape index (κ3) is 3.52. The number of aromatic hydroxyl groups is 1. The predicted octanol–water partition coefficient (Wildman–Crippen LogP) is 3.49. The van der Waals surface area contributed by atoms with E-state index in [2.05, 4.69) is 37.7 Å². The molecular formula is C22H25FN6O. The third-order valence-corrected chi connectivity index (χ3v) is 6.42. The molecule has 30 heavy (non-hydrogen) atoms. The number of benzene rings is 1. The van der Waals surface area contributed by atoms with Crippen LogP contribution in [0.2, 0.25) is 0 Å². The standard InChI is InChI=1S/C22H25FN6O/c1-29(16-7-14-3-2-4-15(8-16)26-14)22-6-5-20(27-28-22)18-9-19(23)17(10-21(18)30)13-11-24-25-12-13/h5-6,9-12,14-16,26,30H,2-4,7-8H2,1H3,(H,24,25). The van der Waals surface area contributed by atoms with Crippen LogP contribution in [0.25, 0.3) is 22.4 Å². The van der Waals surface area contributed by atoms with Crippen molar-refractivity contribution in [1.82, 2.24) is 25.7 Å². The molecule has 7 nitrogen and oxygen atoms in total. The van der Waals surface area contributed by atoms with Crippen molar-refractivity contribution in [2.45, 2.75) is 50.2 Å². The molecule has 8 heteroatoms. The average Bonchev–Trinajstić information content (AvgIpc) is 3.29. The zero-order valence-electron chi connectivity index (χ0n) is 16.8. The highest BCUT2D eigenvalue weighted by Gasteiger charge is 2.33. The van der Waals surface area contributed by atoms with Gasteiger partial charge in [-0.15, -0.1) is 10.2 Å². The van der Waals surface area contributed by atoms with Gasteiger partial charge in [0.05, 0.1) is 11.9 Å². The van der Waals surface area contributed by atoms with Crippen LogP contribution in [0.4, 0.5) is 10.2 Å². The first-order valence-electron chi connectivity index (χ1n) is 10.4. The van der Waals surface area contributed by atoms with Gasteiger partial charge in [-0.2, -0.15) is 5.10 Å². The Hall–Kier alpha value is -3.00. The highest BCUT2D eigenvalue weighted by atomic mass is 19.1. The number of nitrogens with one attached hydrogen (secondary N) is 2. The van der Waals surface area contributed by atoms with Crippen LogP contribution in [-0.4, -0.2) is 50.7 Å². The molecule has 2 unspecified atom stereocenters. The van der Waals surface area contributed by atoms with E-state index in [-0.39, 0.29) is 11.3 Å². The van der Waals surface area contributed by atoms with Crippen molar-refractivity contribution >= 4 is 5.82 Å². The highest BCUT2D eigenvalue weighted by molar-refractivity contribution is 5.74. The van der Waals surface area contributed by atoms with E-state index in [0.717, 1.165) is 18.7 Å². The summed E-state index contributed by atoms with van der Waals surface area (Å²) < 4.78 is 14.6. The largest absolute Gasteiger partial charge is 0.507 e. The van der Waals surface area contributed by atoms with Gasteiger partial charge in [-0.1, -0.05) is 6.42 Å². The van der Waals surface area contributed by atoms with Gasteiger partial charge in [-0.05, 0) is 49.9 Å². The van der Waals surface area contributed by atoms with Gasteiger partial charge in [0.1, 0.15) is 11.6 Å². The Morgan fingerprint density at radius 1 is 1.10 bits per heavy atom. The molecule has 3 N–H and O–H groups in total. The highest BCUT2D eigenvalue weighted by Crippen LogP contribution is 2.35. The van der Waals surface area contributed by atoms with E-state index < -0.39 is 5.82 Å². The minimum absolute atomic E-state index is 0.0471. The van der Waals surface area contributed by atoms with Crippen LogP contribution in [0.1, 0.15) is 32.1 Å². The van der Waals surface area contributed by atoms with E-state index in [0.29, 0.717) is 34.9 Å². The summed E-state index contributed by atoms with van der Waals surface area (Å²) in [7, 11) is 2.06. The van der Waals surface area contributed by atoms with Gasteiger partial charge in [-0.3, -0.25) is 5.10 Å². The molecule has 2 bridgehead atoms. The number of phenols is 1. The minimum Gasteiger partial charge on any atom is -0.507 e. The Bertz CT molecular complexity index is 1010. The summed E-state index contributed by atoms with van der Waals surface area (Å²) in [6, 6.07) is 7.97. The molecule has 4 heterocycles. The lowest BCUT2D eigenvalue weighted by Crippen LogP contribution is -2.54. The smallest absolute Gasteiger partial charge is 0.151 e. The number of fused-ring (bicyclic) bond motifs is 2. The number of H-pyrrole nitrogens is 1. The molecular weight excluding hydrogens is 383 g/mol. The number of aromatic nitrogens is 4. The van der Waals surface area contributed by atoms with Crippen molar-refractivity contribution in [3.05, 3.63) is 42.5 Å². The van der Waals surface area contributed by atoms with Crippen LogP contribution < -0.4 is 10.2 Å². The maximum Gasteiger partial charge on any atom is 0.151 e. The Labute approximate surface area is 174 Å². The summed E-state index contributed by atoms with van der Waals surface area (Å²) in [5.41, 5.74) is 1.61. The van der Waals surface area contributed by atoms with Crippen molar-refractivity contribution < 1.29 is 9.50 Å². The first-order chi connectivity index (χ1) is 14.6. The predicted molar refractivity (Wildman–Crippen MR) is 113 cm³/mol. The van der Waals surface area contributed by atoms with E-state index in [1.165, 1.54) is 37.6 Å². The number of halogens is 1. The van der Waals surface area contributed by atoms with Gasteiger partial charge in [0.15, 0.2) is 5.82 Å². The first-order valence-corrected chi connectivity index (χ1v) is 10.4. The fourth-order valence-electron chi connectivity index (χ4n) is 4.78. The molecule has 5 rings (SSSR count). The maximum atomic E-state index is 14.6. The molecule has 0 amide bonds. The van der Waals surface area contributed by atoms with Crippen LogP contribution in [0.3, 0.4) is 0 Å². The lowest BCUT2D eigenvalue weighted by molar-refractivity contribution is 0.219. The first kappa shape index (κ1) is 19.0. The lowest BCUT2D eigenvalue weighted by atomic mass is 9.83. The quantitative estimate of drug-likeness (QED) is 0.612. The van der Waals surface area contributed by atoms with Gasteiger partial charge in [0.2, 0.25) is 0 Å². The molecule has 3 aromatic rings. The number of hydrogen-bond donors (Lipinski definition) is 3. The fraction of sp³-hybridized carbons (Fsp3) is 0.409. The average molecular weight is 408 g/mol. The molecule has 0 spiro atoms. The summed E-state index contributed by atoms with van der Waals surface area (Å²) >= 11 is 0. The molecule has 0 saturated carbocycles. The molecule has 2 atom stereocenters. The molecule has 2 aromatic heterocycles. The molecule has 2 aliphatic rings. The summed E-state index contributed by atoms with van der Waals surface area (Å²) in [6.45, 7) is 0. The lowest BCUT2D eigenvalue weighted by Gasteiger charge is -2.43. The number of aromatic amines is 1. The van der Waals surface area contributed by atoms with Gasteiger partial charge in [0.25, 0.3) is 0 Å². The topological polar surface area (TPSA) is 90.0 Å². The number of piperidine rings is 2. The van der Waals surface area contributed by atoms with Crippen LogP contribution in [-0.2, 0) is 0 Å². The number of hydrogen-bond acceptors (Lipinski definition) is 6. The van der Waals surface area contributed by atoms with E-state index in [4.69, 9.17) is 0 Å². The van der Waals surface area contributed by atoms with E-state index in [9.17, 15) is 9.50 Å². The van der Waals surface area contributed by atoms with Crippen LogP contribution in [0.5, 0.6) is 5.75 Å². The summed E-state index contributed by atoms with van der Waals surface area (Å²) in [5, 5.41) is 29.3. The summed E-state index contributed by atoms with van der Waals surface area (Å²) in [6.07, 6.45) is 9.10. The van der Waals surface area contributed by atoms with Crippen LogP contribution in [0.15, 0.2) is 36.7 Å². The Morgan fingerprint density at radius 3 is 2.57 bits per heavy atom. The van der Waals surface area contributed by atoms with E-state index >= 15 is 0 Å². The number of rotatable bonds is 4. The number of nitrogens with zero attached hydrogens (tertiary/aromatic N) is 4. The Morgan fingerprint density at radius 2 is 1.90 bits per heavy atom. The van der Waals surface area contributed by atoms with Gasteiger partial charge < -0.3 is 15.3 Å². The van der Waals surface area contributed by atoms with Crippen molar-refractivity contribution in [3.63, 3.8) is 0 Å². The molecule has 2 fully saturated rings. The molecule has 0 radical (unpaired) electrons. The van der Waals surface area contributed by atoms with Crippen LogP contribution in [0, 0.1) is 5.82 Å². The summed E-state index contributed by atoms with van der Waals surface area (Å²) in [4.78, 5) is 2.20. The number of anilines is 1. The fourth-order valence-corrected chi connectivity index (χ4v) is 4.78. The Balaban J connectivity index is 1.37. The SMILES string of the molecule is CN(c1ccc(-c2cc(F)c(-c3cn[nH]c3)cc2O)nn1)C1CC2CCCC(C1)N2. The maximum absolute atomic E-state index is 14.6. The van der Waals surface area contributed by atoms with Crippen molar-refractivity contribution in [2.75, 3.05) is 11.9 Å². The third-order valence-electron chi connectivity index (χ3n) is 6.42. The van der Waals surface area contributed by atoms with Crippen LogP contribution >= 0.6 is 0 Å². The molecule has 1 aromatic carbocycles. The van der Waals surface area contributed by atoms with E-state index in [1.54, 1.807) is 12.3 Å². The molecule has 0 aliphatic carbocycles. The van der Waals surface area contributed by atoms with Gasteiger partial charge in [0, 0.05) is 48.1 Å². The van der Waals surface area contributed by atoms with Gasteiger partial charge >= 0.3 is 0 Å². The van der Waals surface area contributed by atoms with Crippen molar-refractivity contribution in [3.8, 4) is 28.1 Å². The monoisotopic (exact) mass is 408 g/mol. The molecule has 156 valence electrons. The second-order valence-corrected chi connectivity index (χ2v) is 8.34. The molecule has 2 saturated heterocycles. The molecule has 2 aliphatic heterocycles. The number of phenolic OH excluding ortho intramolecular Hbond substituents is 1. The van der Waals surface area contributed by atoms with Gasteiger partial charge in [-0.25, -0.2) is 4.39 Å². The zero-order valence-corrected chi connectivity index (χ0v) is 16.8. The second kappa shape index (κ2) is 7.68.